The molecule has 0 spiro atoms. The van der Waals surface area contributed by atoms with Crippen molar-refractivity contribution in [3.63, 3.8) is 0 Å². The molecule has 1 aliphatic heterocycles. The van der Waals surface area contributed by atoms with Gasteiger partial charge < -0.3 is 33.7 Å². The molecule has 0 unspecified atom stereocenters. The van der Waals surface area contributed by atoms with Crippen molar-refractivity contribution < 1.29 is 33.2 Å². The molecule has 0 amide bonds. The smallest absolute Gasteiger partial charge is 0.307 e. The predicted octanol–water partition coefficient (Wildman–Crippen LogP) is 5.99. The zero-order valence-electron chi connectivity index (χ0n) is 26.6. The third-order valence-electron chi connectivity index (χ3n) is 7.51. The number of benzene rings is 3. The molecule has 8 heteroatoms. The van der Waals surface area contributed by atoms with E-state index in [1.54, 1.807) is 13.0 Å². The van der Waals surface area contributed by atoms with E-state index in [1.165, 1.54) is 0 Å². The molecule has 0 saturated carbocycles. The van der Waals surface area contributed by atoms with Gasteiger partial charge in [0.1, 0.15) is 24.4 Å². The van der Waals surface area contributed by atoms with Crippen LogP contribution in [0, 0.1) is 0 Å². The van der Waals surface area contributed by atoms with E-state index in [-0.39, 0.29) is 19.0 Å². The quantitative estimate of drug-likeness (QED) is 0.130. The molecule has 1 N–H and O–H groups in total. The van der Waals surface area contributed by atoms with Crippen molar-refractivity contribution in [2.45, 2.75) is 83.3 Å². The Bertz CT molecular complexity index is 1270. The Morgan fingerprint density at radius 3 is 1.84 bits per heavy atom. The van der Waals surface area contributed by atoms with Gasteiger partial charge in [-0.15, -0.1) is 6.58 Å². The zero-order valence-corrected chi connectivity index (χ0v) is 26.6. The van der Waals surface area contributed by atoms with Gasteiger partial charge in [-0.25, -0.2) is 0 Å². The highest BCUT2D eigenvalue weighted by atomic mass is 16.8. The van der Waals surface area contributed by atoms with Gasteiger partial charge in [-0.3, -0.25) is 4.79 Å². The Balaban J connectivity index is 1.75. The molecule has 5 atom stereocenters. The number of carbonyl (C=O) groups excluding carboxylic acids is 1. The van der Waals surface area contributed by atoms with Gasteiger partial charge in [-0.1, -0.05) is 97.1 Å². The van der Waals surface area contributed by atoms with Crippen LogP contribution in [0.15, 0.2) is 104 Å². The Morgan fingerprint density at radius 2 is 1.38 bits per heavy atom. The van der Waals surface area contributed by atoms with Crippen LogP contribution in [0.5, 0.6) is 0 Å². The molecule has 0 aliphatic carbocycles. The molecule has 1 saturated heterocycles. The lowest BCUT2D eigenvalue weighted by Crippen LogP contribution is -2.57. The first kappa shape index (κ1) is 34.5. The minimum absolute atomic E-state index is 0.0608. The Labute approximate surface area is 267 Å². The fraction of sp³-hybridized carbons (Fsp3) is 0.432. The van der Waals surface area contributed by atoms with Gasteiger partial charge in [0, 0.05) is 12.6 Å². The normalized spacial score (nSPS) is 18.5. The summed E-state index contributed by atoms with van der Waals surface area (Å²) in [5.41, 5.74) is 3.00. The molecule has 0 aromatic heterocycles. The van der Waals surface area contributed by atoms with Gasteiger partial charge in [-0.05, 0) is 37.5 Å². The first-order chi connectivity index (χ1) is 21.9. The summed E-state index contributed by atoms with van der Waals surface area (Å²) >= 11 is 0. The van der Waals surface area contributed by atoms with Crippen LogP contribution in [-0.4, -0.2) is 62.0 Å². The highest BCUT2D eigenvalue weighted by Crippen LogP contribution is 2.31. The number of carbonyl (C=O) groups is 1. The topological polar surface area (TPSA) is 84.5 Å². The van der Waals surface area contributed by atoms with Gasteiger partial charge in [0.05, 0.1) is 39.5 Å². The van der Waals surface area contributed by atoms with Crippen LogP contribution in [0.1, 0.15) is 43.9 Å². The molecule has 242 valence electrons. The van der Waals surface area contributed by atoms with Gasteiger partial charge in [0.25, 0.3) is 0 Å². The molecule has 1 heterocycles. The lowest BCUT2D eigenvalue weighted by molar-refractivity contribution is -0.205. The second-order valence-electron chi connectivity index (χ2n) is 11.5. The molecule has 4 rings (SSSR count). The minimum Gasteiger partial charge on any atom is -0.466 e. The molecule has 8 nitrogen and oxygen atoms in total. The van der Waals surface area contributed by atoms with E-state index in [2.05, 4.69) is 11.9 Å². The van der Waals surface area contributed by atoms with E-state index in [9.17, 15) is 4.79 Å². The highest BCUT2D eigenvalue weighted by molar-refractivity contribution is 5.70. The van der Waals surface area contributed by atoms with Crippen LogP contribution in [-0.2, 0) is 53.0 Å². The van der Waals surface area contributed by atoms with Crippen molar-refractivity contribution in [1.29, 1.82) is 0 Å². The van der Waals surface area contributed by atoms with E-state index in [0.29, 0.717) is 33.0 Å². The van der Waals surface area contributed by atoms with Crippen LogP contribution in [0.2, 0.25) is 0 Å². The summed E-state index contributed by atoms with van der Waals surface area (Å²) in [5.74, 6) is -1.13. The maximum absolute atomic E-state index is 13.0. The summed E-state index contributed by atoms with van der Waals surface area (Å²) in [6.45, 7) is 11.4. The van der Waals surface area contributed by atoms with Gasteiger partial charge in [-0.2, -0.15) is 0 Å². The van der Waals surface area contributed by atoms with Crippen LogP contribution in [0.4, 0.5) is 0 Å². The first-order valence-electron chi connectivity index (χ1n) is 15.7. The summed E-state index contributed by atoms with van der Waals surface area (Å²) in [6.07, 6.45) is -0.609. The van der Waals surface area contributed by atoms with Crippen molar-refractivity contribution in [3.05, 3.63) is 120 Å². The largest absolute Gasteiger partial charge is 0.466 e. The monoisotopic (exact) mass is 617 g/mol. The number of hydrogen-bond acceptors (Lipinski definition) is 8. The average Bonchev–Trinajstić information content (AvgIpc) is 3.42. The fourth-order valence-electron chi connectivity index (χ4n) is 5.35. The Kier molecular flexibility index (Phi) is 13.8. The summed E-state index contributed by atoms with van der Waals surface area (Å²) in [6, 6.07) is 29.4. The van der Waals surface area contributed by atoms with E-state index in [4.69, 9.17) is 28.4 Å². The fourth-order valence-corrected chi connectivity index (χ4v) is 5.35. The molecule has 3 aromatic carbocycles. The molecule has 3 aromatic rings. The Hall–Kier alpha value is -3.37. The molecule has 1 aliphatic rings. The first-order valence-corrected chi connectivity index (χ1v) is 15.7. The summed E-state index contributed by atoms with van der Waals surface area (Å²) < 4.78 is 38.1. The molecule has 45 heavy (non-hydrogen) atoms. The third kappa shape index (κ3) is 11.2. The van der Waals surface area contributed by atoms with Crippen molar-refractivity contribution >= 4 is 5.97 Å². The van der Waals surface area contributed by atoms with Gasteiger partial charge >= 0.3 is 5.97 Å². The Morgan fingerprint density at radius 1 is 0.867 bits per heavy atom. The number of rotatable bonds is 19. The van der Waals surface area contributed by atoms with Gasteiger partial charge in [0.15, 0.2) is 5.79 Å². The number of hydrogen-bond donors (Lipinski definition) is 1. The zero-order chi connectivity index (χ0) is 31.9. The molecule has 1 fully saturated rings. The van der Waals surface area contributed by atoms with Crippen LogP contribution in [0.25, 0.3) is 0 Å². The number of ether oxygens (including phenoxy) is 6. The van der Waals surface area contributed by atoms with Crippen LogP contribution >= 0.6 is 0 Å². The van der Waals surface area contributed by atoms with E-state index >= 15 is 0 Å². The SMILES string of the molecule is C=CCN[C@H](CC(=O)OCC)[C@H](OCc1ccccc1)[C@@H](OCc1ccccc1)[C@H](OCc1ccccc1)[C@H]1COC(C)(C)O1. The predicted molar refractivity (Wildman–Crippen MR) is 173 cm³/mol. The molecular weight excluding hydrogens is 570 g/mol. The lowest BCUT2D eigenvalue weighted by atomic mass is 9.94. The highest BCUT2D eigenvalue weighted by Gasteiger charge is 2.47. The van der Waals surface area contributed by atoms with Crippen molar-refractivity contribution in [2.75, 3.05) is 19.8 Å². The van der Waals surface area contributed by atoms with Crippen LogP contribution < -0.4 is 5.32 Å². The molecule has 0 bridgehead atoms. The third-order valence-corrected chi connectivity index (χ3v) is 7.51. The van der Waals surface area contributed by atoms with Gasteiger partial charge in [0.2, 0.25) is 0 Å². The average molecular weight is 618 g/mol. The summed E-state index contributed by atoms with van der Waals surface area (Å²) in [7, 11) is 0. The van der Waals surface area contributed by atoms with E-state index in [0.717, 1.165) is 16.7 Å². The van der Waals surface area contributed by atoms with Crippen molar-refractivity contribution in [2.24, 2.45) is 0 Å². The maximum Gasteiger partial charge on any atom is 0.307 e. The van der Waals surface area contributed by atoms with Crippen molar-refractivity contribution in [3.8, 4) is 0 Å². The summed E-state index contributed by atoms with van der Waals surface area (Å²) in [5, 5.41) is 3.46. The van der Waals surface area contributed by atoms with E-state index in [1.807, 2.05) is 105 Å². The van der Waals surface area contributed by atoms with Crippen molar-refractivity contribution in [1.82, 2.24) is 5.32 Å². The number of esters is 1. The lowest BCUT2D eigenvalue weighted by Gasteiger charge is -2.39. The number of nitrogens with one attached hydrogen (secondary N) is 1. The molecule has 0 radical (unpaired) electrons. The van der Waals surface area contributed by atoms with E-state index < -0.39 is 36.2 Å². The molecular formula is C37H47NO7. The summed E-state index contributed by atoms with van der Waals surface area (Å²) in [4.78, 5) is 13.0. The minimum atomic E-state index is -0.797. The van der Waals surface area contributed by atoms with Crippen LogP contribution in [0.3, 0.4) is 0 Å². The standard InChI is InChI=1S/C37H47NO7/c1-5-22-38-31(23-33(39)40-6-2)34(41-24-28-16-10-7-11-17-28)36(43-26-30-20-14-9-15-21-30)35(32-27-44-37(3,4)45-32)42-25-29-18-12-8-13-19-29/h5,7-21,31-32,34-36,38H,1,6,22-27H2,2-4H3/t31-,32-,34+,35-,36-/m1/s1. The second kappa shape index (κ2) is 17.9. The maximum atomic E-state index is 13.0. The second-order valence-corrected chi connectivity index (χ2v) is 11.5.